The summed E-state index contributed by atoms with van der Waals surface area (Å²) in [6, 6.07) is 13.2. The maximum atomic E-state index is 12.8. The number of nitro groups is 1. The molecule has 2 heterocycles. The standard InChI is InChI=1S/C21H17ClN4O4S/c1-2-30-20(27)17-18(13-3-7-14(22)8-4-13)25-16(11-31-21(25)24-19(17)23)12-5-9-15(10-6-12)26(28)29/h3-11,21H,2H2,1H3,(H2,23,24). The van der Waals surface area contributed by atoms with E-state index >= 15 is 0 Å². The Labute approximate surface area is 187 Å². The van der Waals surface area contributed by atoms with Gasteiger partial charge >= 0.3 is 5.97 Å². The largest absolute Gasteiger partial charge is 0.462 e. The van der Waals surface area contributed by atoms with E-state index in [2.05, 4.69) is 4.99 Å². The van der Waals surface area contributed by atoms with Crippen LogP contribution in [0.3, 0.4) is 0 Å². The third kappa shape index (κ3) is 3.89. The number of nitrogens with zero attached hydrogens (tertiary/aromatic N) is 3. The van der Waals surface area contributed by atoms with Crippen molar-refractivity contribution in [2.75, 3.05) is 6.61 Å². The maximum absolute atomic E-state index is 12.8. The normalized spacial score (nSPS) is 17.7. The predicted octanol–water partition coefficient (Wildman–Crippen LogP) is 4.22. The molecule has 158 valence electrons. The molecule has 2 N–H and O–H groups in total. The number of non-ortho nitro benzene ring substituents is 1. The van der Waals surface area contributed by atoms with Crippen LogP contribution in [0.15, 0.2) is 64.5 Å². The van der Waals surface area contributed by atoms with Crippen LogP contribution in [0.5, 0.6) is 0 Å². The number of nitro benzene ring substituents is 1. The van der Waals surface area contributed by atoms with Crippen molar-refractivity contribution >= 4 is 52.2 Å². The molecule has 2 aliphatic heterocycles. The lowest BCUT2D eigenvalue weighted by Crippen LogP contribution is -2.38. The molecular weight excluding hydrogens is 440 g/mol. The third-order valence-corrected chi connectivity index (χ3v) is 5.91. The summed E-state index contributed by atoms with van der Waals surface area (Å²) in [6.07, 6.45) is 0. The summed E-state index contributed by atoms with van der Waals surface area (Å²) in [6.45, 7) is 1.90. The van der Waals surface area contributed by atoms with Gasteiger partial charge in [0, 0.05) is 17.2 Å². The summed E-state index contributed by atoms with van der Waals surface area (Å²) in [5, 5.41) is 13.5. The van der Waals surface area contributed by atoms with Crippen LogP contribution in [0.2, 0.25) is 5.02 Å². The second-order valence-corrected chi connectivity index (χ2v) is 7.97. The van der Waals surface area contributed by atoms with E-state index in [0.29, 0.717) is 16.3 Å². The van der Waals surface area contributed by atoms with Crippen molar-refractivity contribution < 1.29 is 14.5 Å². The lowest BCUT2D eigenvalue weighted by molar-refractivity contribution is -0.384. The minimum Gasteiger partial charge on any atom is -0.462 e. The number of carbonyl (C=O) groups excluding carboxylic acids is 1. The van der Waals surface area contributed by atoms with Gasteiger partial charge in [0.25, 0.3) is 5.69 Å². The number of aliphatic imine (C=N–C) groups is 1. The topological polar surface area (TPSA) is 111 Å². The number of carbonyl (C=O) groups is 1. The fraction of sp³-hybridized carbons (Fsp3) is 0.143. The van der Waals surface area contributed by atoms with Crippen LogP contribution in [-0.4, -0.2) is 33.7 Å². The van der Waals surface area contributed by atoms with Gasteiger partial charge in [-0.3, -0.25) is 10.1 Å². The van der Waals surface area contributed by atoms with Crippen molar-refractivity contribution in [1.82, 2.24) is 4.90 Å². The molecule has 1 atom stereocenters. The quantitative estimate of drug-likeness (QED) is 0.407. The van der Waals surface area contributed by atoms with E-state index in [0.717, 1.165) is 11.3 Å². The van der Waals surface area contributed by atoms with Crippen molar-refractivity contribution in [3.05, 3.63) is 85.8 Å². The molecular formula is C21H17ClN4O4S. The smallest absolute Gasteiger partial charge is 0.344 e. The van der Waals surface area contributed by atoms with Gasteiger partial charge in [0.05, 0.1) is 22.9 Å². The van der Waals surface area contributed by atoms with Crippen molar-refractivity contribution in [3.8, 4) is 0 Å². The minimum absolute atomic E-state index is 0.00635. The number of thioether (sulfide) groups is 1. The minimum atomic E-state index is -0.577. The highest BCUT2D eigenvalue weighted by Gasteiger charge is 2.39. The Balaban J connectivity index is 1.86. The zero-order valence-corrected chi connectivity index (χ0v) is 17.9. The molecule has 31 heavy (non-hydrogen) atoms. The number of halogens is 1. The predicted molar refractivity (Wildman–Crippen MR) is 121 cm³/mol. The van der Waals surface area contributed by atoms with Gasteiger partial charge in [0.2, 0.25) is 0 Å². The van der Waals surface area contributed by atoms with Crippen molar-refractivity contribution in [3.63, 3.8) is 0 Å². The van der Waals surface area contributed by atoms with Gasteiger partial charge in [-0.05, 0) is 47.7 Å². The van der Waals surface area contributed by atoms with Crippen molar-refractivity contribution in [2.24, 2.45) is 10.7 Å². The molecule has 10 heteroatoms. The molecule has 0 aromatic heterocycles. The Hall–Kier alpha value is -3.30. The van der Waals surface area contributed by atoms with E-state index in [-0.39, 0.29) is 23.7 Å². The molecule has 0 saturated heterocycles. The maximum Gasteiger partial charge on any atom is 0.344 e. The number of rotatable bonds is 5. The average molecular weight is 457 g/mol. The van der Waals surface area contributed by atoms with Crippen LogP contribution in [0, 0.1) is 10.1 Å². The first-order valence-corrected chi connectivity index (χ1v) is 10.6. The van der Waals surface area contributed by atoms with Gasteiger partial charge in [0.15, 0.2) is 5.50 Å². The van der Waals surface area contributed by atoms with Gasteiger partial charge in [-0.2, -0.15) is 0 Å². The first-order valence-electron chi connectivity index (χ1n) is 9.31. The van der Waals surface area contributed by atoms with Gasteiger partial charge in [-0.1, -0.05) is 35.5 Å². The van der Waals surface area contributed by atoms with Crippen LogP contribution in [-0.2, 0) is 9.53 Å². The molecule has 2 aromatic carbocycles. The van der Waals surface area contributed by atoms with Crippen LogP contribution < -0.4 is 5.73 Å². The number of hydrogen-bond donors (Lipinski definition) is 1. The van der Waals surface area contributed by atoms with Crippen LogP contribution in [0.1, 0.15) is 18.1 Å². The monoisotopic (exact) mass is 456 g/mol. The number of benzene rings is 2. The molecule has 2 aromatic rings. The molecule has 0 fully saturated rings. The molecule has 0 amide bonds. The Bertz CT molecular complexity index is 1140. The highest BCUT2D eigenvalue weighted by Crippen LogP contribution is 2.46. The Morgan fingerprint density at radius 2 is 1.87 bits per heavy atom. The molecule has 8 nitrogen and oxygen atoms in total. The zero-order chi connectivity index (χ0) is 22.1. The number of ether oxygens (including phenoxy) is 1. The summed E-state index contributed by atoms with van der Waals surface area (Å²) >= 11 is 7.49. The van der Waals surface area contributed by atoms with Gasteiger partial charge in [-0.25, -0.2) is 9.79 Å². The van der Waals surface area contributed by atoms with E-state index in [1.54, 1.807) is 43.3 Å². The fourth-order valence-electron chi connectivity index (χ4n) is 3.36. The first kappa shape index (κ1) is 21.0. The SMILES string of the molecule is CCOC(=O)C1=C(c2ccc(Cl)cc2)N2C(c3ccc([N+](=O)[O-])cc3)=CSC2N=C1N. The molecule has 0 spiro atoms. The summed E-state index contributed by atoms with van der Waals surface area (Å²) in [5.41, 5.74) is 8.66. The molecule has 0 bridgehead atoms. The number of esters is 1. The Morgan fingerprint density at radius 3 is 2.48 bits per heavy atom. The zero-order valence-electron chi connectivity index (χ0n) is 16.3. The average Bonchev–Trinajstić information content (AvgIpc) is 3.17. The first-order chi connectivity index (χ1) is 14.9. The molecule has 0 aliphatic carbocycles. The molecule has 4 rings (SSSR count). The summed E-state index contributed by atoms with van der Waals surface area (Å²) in [7, 11) is 0. The number of hydrogen-bond acceptors (Lipinski definition) is 8. The summed E-state index contributed by atoms with van der Waals surface area (Å²) in [5.74, 6) is -0.484. The fourth-order valence-corrected chi connectivity index (χ4v) is 4.50. The highest BCUT2D eigenvalue weighted by molar-refractivity contribution is 8.03. The Morgan fingerprint density at radius 1 is 1.23 bits per heavy atom. The van der Waals surface area contributed by atoms with Gasteiger partial charge < -0.3 is 15.4 Å². The Kier molecular flexibility index (Phi) is 5.71. The van der Waals surface area contributed by atoms with E-state index < -0.39 is 16.4 Å². The van der Waals surface area contributed by atoms with Gasteiger partial charge in [-0.15, -0.1) is 0 Å². The lowest BCUT2D eigenvalue weighted by atomic mass is 10.0. The third-order valence-electron chi connectivity index (χ3n) is 4.74. The molecule has 0 radical (unpaired) electrons. The van der Waals surface area contributed by atoms with E-state index in [1.165, 1.54) is 23.9 Å². The van der Waals surface area contributed by atoms with E-state index in [9.17, 15) is 14.9 Å². The van der Waals surface area contributed by atoms with Crippen LogP contribution in [0.25, 0.3) is 11.4 Å². The van der Waals surface area contributed by atoms with E-state index in [1.807, 2.05) is 10.3 Å². The van der Waals surface area contributed by atoms with Crippen LogP contribution in [0.4, 0.5) is 5.69 Å². The second kappa shape index (κ2) is 8.44. The van der Waals surface area contributed by atoms with E-state index in [4.69, 9.17) is 22.1 Å². The molecule has 1 unspecified atom stereocenters. The second-order valence-electron chi connectivity index (χ2n) is 6.60. The van der Waals surface area contributed by atoms with Crippen molar-refractivity contribution in [2.45, 2.75) is 12.4 Å². The van der Waals surface area contributed by atoms with Crippen molar-refractivity contribution in [1.29, 1.82) is 0 Å². The number of fused-ring (bicyclic) bond motifs is 1. The van der Waals surface area contributed by atoms with Gasteiger partial charge in [0.1, 0.15) is 11.4 Å². The molecule has 2 aliphatic rings. The lowest BCUT2D eigenvalue weighted by Gasteiger charge is -2.34. The van der Waals surface area contributed by atoms with Crippen LogP contribution >= 0.6 is 23.4 Å². The summed E-state index contributed by atoms with van der Waals surface area (Å²) in [4.78, 5) is 29.8. The number of amidine groups is 1. The number of nitrogens with two attached hydrogens (primary N) is 1. The molecule has 0 saturated carbocycles. The summed E-state index contributed by atoms with van der Waals surface area (Å²) < 4.78 is 5.25. The highest BCUT2D eigenvalue weighted by atomic mass is 35.5.